The number of nitrogens with one attached hydrogen (secondary N) is 1. The number of aromatic nitrogens is 2. The van der Waals surface area contributed by atoms with E-state index in [0.717, 1.165) is 12.8 Å². The molecule has 33 heavy (non-hydrogen) atoms. The molecule has 1 fully saturated rings. The van der Waals surface area contributed by atoms with Gasteiger partial charge in [-0.3, -0.25) is 19.0 Å². The molecule has 170 valence electrons. The third-order valence-corrected chi connectivity index (χ3v) is 5.66. The number of rotatable bonds is 7. The largest absolute Gasteiger partial charge is 0.454 e. The maximum absolute atomic E-state index is 12.9. The molecule has 0 saturated heterocycles. The Labute approximate surface area is 189 Å². The Bertz CT molecular complexity index is 1300. The summed E-state index contributed by atoms with van der Waals surface area (Å²) in [5.74, 6) is 0.728. The van der Waals surface area contributed by atoms with Crippen molar-refractivity contribution in [3.8, 4) is 11.5 Å². The van der Waals surface area contributed by atoms with Crippen LogP contribution in [-0.4, -0.2) is 34.3 Å². The second kappa shape index (κ2) is 8.57. The van der Waals surface area contributed by atoms with Gasteiger partial charge < -0.3 is 19.5 Å². The van der Waals surface area contributed by atoms with Crippen molar-refractivity contribution in [2.24, 2.45) is 0 Å². The molecule has 1 aromatic heterocycles. The molecule has 0 bridgehead atoms. The highest BCUT2D eigenvalue weighted by Crippen LogP contribution is 2.35. The van der Waals surface area contributed by atoms with Crippen molar-refractivity contribution in [1.82, 2.24) is 9.55 Å². The van der Waals surface area contributed by atoms with Gasteiger partial charge in [-0.1, -0.05) is 12.1 Å². The number of benzene rings is 2. The molecule has 1 N–H and O–H groups in total. The third-order valence-electron chi connectivity index (χ3n) is 5.66. The molecule has 0 unspecified atom stereocenters. The fraction of sp³-hybridized carbons (Fsp3) is 0.333. The monoisotopic (exact) mass is 449 g/mol. The molecule has 1 atom stereocenters. The SMILES string of the molecule is C[C@H](OC(=O)CCc1nc2ccccc2c(=O)n1C1CC1)C(=O)Nc1ccc2c(c1)OCO2. The van der Waals surface area contributed by atoms with Gasteiger partial charge in [0.25, 0.3) is 11.5 Å². The lowest BCUT2D eigenvalue weighted by Crippen LogP contribution is -2.30. The number of ether oxygens (including phenoxy) is 3. The Balaban J connectivity index is 1.22. The maximum atomic E-state index is 12.9. The summed E-state index contributed by atoms with van der Waals surface area (Å²) in [7, 11) is 0. The molecule has 2 heterocycles. The number of anilines is 1. The third kappa shape index (κ3) is 4.39. The fourth-order valence-electron chi connectivity index (χ4n) is 3.82. The average molecular weight is 449 g/mol. The summed E-state index contributed by atoms with van der Waals surface area (Å²) >= 11 is 0. The van der Waals surface area contributed by atoms with E-state index in [1.807, 2.05) is 12.1 Å². The van der Waals surface area contributed by atoms with Crippen molar-refractivity contribution in [2.75, 3.05) is 12.1 Å². The first-order valence-electron chi connectivity index (χ1n) is 10.9. The number of para-hydroxylation sites is 1. The molecule has 0 radical (unpaired) electrons. The van der Waals surface area contributed by atoms with Crippen LogP contribution in [0.4, 0.5) is 5.69 Å². The average Bonchev–Trinajstić information content (AvgIpc) is 3.53. The Morgan fingerprint density at radius 1 is 1.18 bits per heavy atom. The van der Waals surface area contributed by atoms with E-state index < -0.39 is 18.0 Å². The Morgan fingerprint density at radius 2 is 1.97 bits per heavy atom. The van der Waals surface area contributed by atoms with Crippen LogP contribution in [0.2, 0.25) is 0 Å². The highest BCUT2D eigenvalue weighted by molar-refractivity contribution is 5.95. The van der Waals surface area contributed by atoms with E-state index in [1.54, 1.807) is 34.9 Å². The van der Waals surface area contributed by atoms with Gasteiger partial charge in [-0.2, -0.15) is 0 Å². The quantitative estimate of drug-likeness (QED) is 0.553. The number of carbonyl (C=O) groups excluding carboxylic acids is 2. The van der Waals surface area contributed by atoms with Gasteiger partial charge >= 0.3 is 5.97 Å². The summed E-state index contributed by atoms with van der Waals surface area (Å²) in [6.07, 6.45) is 1.13. The molecular weight excluding hydrogens is 426 g/mol. The number of aryl methyl sites for hydroxylation is 1. The highest BCUT2D eigenvalue weighted by Gasteiger charge is 2.28. The zero-order valence-corrected chi connectivity index (χ0v) is 18.1. The fourth-order valence-corrected chi connectivity index (χ4v) is 3.82. The summed E-state index contributed by atoms with van der Waals surface area (Å²) < 4.78 is 17.6. The molecule has 1 aliphatic carbocycles. The van der Waals surface area contributed by atoms with E-state index in [2.05, 4.69) is 10.3 Å². The van der Waals surface area contributed by atoms with Gasteiger partial charge in [0, 0.05) is 24.2 Å². The molecule has 9 heteroatoms. The first-order chi connectivity index (χ1) is 16.0. The molecule has 2 aromatic carbocycles. The summed E-state index contributed by atoms with van der Waals surface area (Å²) in [4.78, 5) is 42.4. The minimum atomic E-state index is -0.988. The molecule has 9 nitrogen and oxygen atoms in total. The second-order valence-electron chi connectivity index (χ2n) is 8.14. The van der Waals surface area contributed by atoms with Crippen molar-refractivity contribution >= 4 is 28.5 Å². The van der Waals surface area contributed by atoms with Crippen molar-refractivity contribution in [1.29, 1.82) is 0 Å². The topological polar surface area (TPSA) is 109 Å². The zero-order valence-electron chi connectivity index (χ0n) is 18.1. The summed E-state index contributed by atoms with van der Waals surface area (Å²) in [5, 5.41) is 3.27. The van der Waals surface area contributed by atoms with Crippen LogP contribution in [0.1, 0.15) is 38.1 Å². The standard InChI is InChI=1S/C24H23N3O6/c1-14(23(29)25-15-6-9-19-20(12-15)32-13-31-19)33-22(28)11-10-21-26-18-5-3-2-4-17(18)24(30)27(21)16-7-8-16/h2-6,9,12,14,16H,7-8,10-11,13H2,1H3,(H,25,29)/t14-/m0/s1. The molecule has 2 aliphatic rings. The first kappa shape index (κ1) is 21.0. The Hall–Kier alpha value is -3.88. The van der Waals surface area contributed by atoms with Crippen LogP contribution >= 0.6 is 0 Å². The van der Waals surface area contributed by atoms with Gasteiger partial charge in [-0.05, 0) is 44.0 Å². The van der Waals surface area contributed by atoms with E-state index in [1.165, 1.54) is 6.92 Å². The number of nitrogens with zero attached hydrogens (tertiary/aromatic N) is 2. The van der Waals surface area contributed by atoms with E-state index >= 15 is 0 Å². The molecule has 3 aromatic rings. The smallest absolute Gasteiger partial charge is 0.307 e. The number of esters is 1. The number of amides is 1. The van der Waals surface area contributed by atoms with Gasteiger partial charge in [0.05, 0.1) is 17.3 Å². The molecule has 0 spiro atoms. The Morgan fingerprint density at radius 3 is 2.79 bits per heavy atom. The second-order valence-corrected chi connectivity index (χ2v) is 8.14. The lowest BCUT2D eigenvalue weighted by Gasteiger charge is -2.15. The van der Waals surface area contributed by atoms with Crippen LogP contribution in [0.15, 0.2) is 47.3 Å². The summed E-state index contributed by atoms with van der Waals surface area (Å²) in [5.41, 5.74) is 1.04. The predicted molar refractivity (Wildman–Crippen MR) is 119 cm³/mol. The van der Waals surface area contributed by atoms with Crippen LogP contribution in [0, 0.1) is 0 Å². The minimum Gasteiger partial charge on any atom is -0.454 e. The first-order valence-corrected chi connectivity index (χ1v) is 10.9. The van der Waals surface area contributed by atoms with E-state index in [0.29, 0.717) is 33.9 Å². The number of fused-ring (bicyclic) bond motifs is 2. The van der Waals surface area contributed by atoms with Gasteiger partial charge in [0.15, 0.2) is 17.6 Å². The van der Waals surface area contributed by atoms with Crippen molar-refractivity contribution < 1.29 is 23.8 Å². The zero-order chi connectivity index (χ0) is 22.9. The van der Waals surface area contributed by atoms with Crippen molar-refractivity contribution in [3.05, 3.63) is 58.6 Å². The van der Waals surface area contributed by atoms with Crippen molar-refractivity contribution in [2.45, 2.75) is 44.8 Å². The van der Waals surface area contributed by atoms with Crippen LogP contribution in [0.3, 0.4) is 0 Å². The molecule has 1 aliphatic heterocycles. The summed E-state index contributed by atoms with van der Waals surface area (Å²) in [6, 6.07) is 12.4. The minimum absolute atomic E-state index is 0.0130. The van der Waals surface area contributed by atoms with Crippen LogP contribution in [0.25, 0.3) is 10.9 Å². The molecule has 5 rings (SSSR count). The lowest BCUT2D eigenvalue weighted by molar-refractivity contribution is -0.153. The number of hydrogen-bond donors (Lipinski definition) is 1. The summed E-state index contributed by atoms with van der Waals surface area (Å²) in [6.45, 7) is 1.65. The van der Waals surface area contributed by atoms with Gasteiger partial charge in [-0.15, -0.1) is 0 Å². The maximum Gasteiger partial charge on any atom is 0.307 e. The highest BCUT2D eigenvalue weighted by atomic mass is 16.7. The van der Waals surface area contributed by atoms with Crippen molar-refractivity contribution in [3.63, 3.8) is 0 Å². The van der Waals surface area contributed by atoms with Gasteiger partial charge in [0.2, 0.25) is 6.79 Å². The van der Waals surface area contributed by atoms with E-state index in [4.69, 9.17) is 14.2 Å². The van der Waals surface area contributed by atoms with Gasteiger partial charge in [-0.25, -0.2) is 4.98 Å². The normalized spacial score (nSPS) is 15.3. The van der Waals surface area contributed by atoms with Crippen LogP contribution in [0.5, 0.6) is 11.5 Å². The predicted octanol–water partition coefficient (Wildman–Crippen LogP) is 2.96. The molecule has 1 amide bonds. The van der Waals surface area contributed by atoms with Gasteiger partial charge in [0.1, 0.15) is 5.82 Å². The molecular formula is C24H23N3O6. The van der Waals surface area contributed by atoms with E-state index in [9.17, 15) is 14.4 Å². The van der Waals surface area contributed by atoms with Crippen LogP contribution in [-0.2, 0) is 20.7 Å². The molecule has 1 saturated carbocycles. The lowest BCUT2D eigenvalue weighted by atomic mass is 10.2. The number of carbonyl (C=O) groups is 2. The number of hydrogen-bond acceptors (Lipinski definition) is 7. The van der Waals surface area contributed by atoms with Crippen LogP contribution < -0.4 is 20.3 Å². The Kier molecular flexibility index (Phi) is 5.45. The van der Waals surface area contributed by atoms with E-state index in [-0.39, 0.29) is 31.2 Å².